The fraction of sp³-hybridized carbons (Fsp3) is 0.600. The highest BCUT2D eigenvalue weighted by atomic mass is 32.1. The molecule has 2 aromatic rings. The molecule has 9 nitrogen and oxygen atoms in total. The fourth-order valence-electron chi connectivity index (χ4n) is 6.05. The zero-order chi connectivity index (χ0) is 29.4. The quantitative estimate of drug-likeness (QED) is 0.454. The summed E-state index contributed by atoms with van der Waals surface area (Å²) >= 11 is 1.36. The molecule has 3 aliphatic rings. The Bertz CT molecular complexity index is 1320. The third kappa shape index (κ3) is 6.32. The molecule has 222 valence electrons. The minimum absolute atomic E-state index is 0.0345. The van der Waals surface area contributed by atoms with E-state index in [2.05, 4.69) is 16.9 Å². The molecular weight excluding hydrogens is 545 g/mol. The van der Waals surface area contributed by atoms with Crippen LogP contribution >= 0.6 is 11.3 Å². The second-order valence-electron chi connectivity index (χ2n) is 12.3. The monoisotopic (exact) mass is 585 g/mol. The Hall–Kier alpha value is -2.89. The summed E-state index contributed by atoms with van der Waals surface area (Å²) in [5.41, 5.74) is 0.529. The second-order valence-corrected chi connectivity index (χ2v) is 13.3. The Kier molecular flexibility index (Phi) is 8.77. The number of piperidine rings is 1. The highest BCUT2D eigenvalue weighted by Crippen LogP contribution is 2.34. The van der Waals surface area contributed by atoms with Crippen molar-refractivity contribution in [3.8, 4) is 0 Å². The van der Waals surface area contributed by atoms with Crippen molar-refractivity contribution in [1.29, 1.82) is 0 Å². The van der Waals surface area contributed by atoms with Crippen LogP contribution in [0.3, 0.4) is 0 Å². The maximum absolute atomic E-state index is 14.0. The second kappa shape index (κ2) is 12.1. The number of benzene rings is 1. The smallest absolute Gasteiger partial charge is 0.272 e. The van der Waals surface area contributed by atoms with Crippen LogP contribution in [0.5, 0.6) is 0 Å². The Balaban J connectivity index is 1.47. The number of carbonyl (C=O) groups is 3. The van der Waals surface area contributed by atoms with Gasteiger partial charge in [-0.2, -0.15) is 5.06 Å². The lowest BCUT2D eigenvalue weighted by Crippen LogP contribution is -2.74. The Morgan fingerprint density at radius 3 is 2.51 bits per heavy atom. The number of aromatic nitrogens is 1. The Morgan fingerprint density at radius 2 is 1.83 bits per heavy atom. The van der Waals surface area contributed by atoms with E-state index >= 15 is 0 Å². The normalized spacial score (nSPS) is 24.9. The van der Waals surface area contributed by atoms with Crippen LogP contribution in [0.2, 0.25) is 0 Å². The molecule has 0 spiro atoms. The molecule has 5 rings (SSSR count). The van der Waals surface area contributed by atoms with Gasteiger partial charge in [0.1, 0.15) is 16.9 Å². The van der Waals surface area contributed by atoms with Crippen molar-refractivity contribution in [2.75, 3.05) is 26.7 Å². The van der Waals surface area contributed by atoms with Crippen molar-refractivity contribution < 1.29 is 23.6 Å². The van der Waals surface area contributed by atoms with Gasteiger partial charge >= 0.3 is 0 Å². The molecule has 0 aliphatic carbocycles. The molecule has 0 N–H and O–H groups in total. The maximum Gasteiger partial charge on any atom is 0.272 e. The van der Waals surface area contributed by atoms with Gasteiger partial charge in [0, 0.05) is 18.2 Å². The molecule has 3 saturated heterocycles. The number of amides is 3. The molecule has 3 atom stereocenters. The number of halogens is 1. The molecule has 3 fully saturated rings. The number of likely N-dealkylation sites (tertiary alicyclic amines) is 1. The highest BCUT2D eigenvalue weighted by molar-refractivity contribution is 7.19. The summed E-state index contributed by atoms with van der Waals surface area (Å²) in [7, 11) is 2.08. The van der Waals surface area contributed by atoms with E-state index in [4.69, 9.17) is 4.84 Å². The van der Waals surface area contributed by atoms with E-state index in [0.29, 0.717) is 23.4 Å². The number of fused-ring (bicyclic) bond motifs is 2. The average Bonchev–Trinajstić information content (AvgIpc) is 3.32. The van der Waals surface area contributed by atoms with Gasteiger partial charge in [-0.05, 0) is 75.9 Å². The van der Waals surface area contributed by atoms with Crippen molar-refractivity contribution in [2.45, 2.75) is 77.7 Å². The molecule has 0 unspecified atom stereocenters. The van der Waals surface area contributed by atoms with Gasteiger partial charge in [-0.1, -0.05) is 27.7 Å². The summed E-state index contributed by atoms with van der Waals surface area (Å²) in [5, 5.41) is 1.87. The number of hydrogen-bond acceptors (Lipinski definition) is 7. The molecule has 0 saturated carbocycles. The predicted octanol–water partition coefficient (Wildman–Crippen LogP) is 4.14. The lowest BCUT2D eigenvalue weighted by atomic mass is 9.93. The minimum atomic E-state index is -0.855. The maximum atomic E-state index is 14.0. The van der Waals surface area contributed by atoms with E-state index in [0.717, 1.165) is 30.6 Å². The van der Waals surface area contributed by atoms with Crippen LogP contribution in [0, 0.1) is 17.7 Å². The summed E-state index contributed by atoms with van der Waals surface area (Å²) in [6.07, 6.45) is 4.04. The molecule has 41 heavy (non-hydrogen) atoms. The molecule has 1 aromatic carbocycles. The highest BCUT2D eigenvalue weighted by Gasteiger charge is 2.53. The first-order chi connectivity index (χ1) is 19.5. The van der Waals surface area contributed by atoms with Crippen LogP contribution in [0.15, 0.2) is 24.3 Å². The largest absolute Gasteiger partial charge is 0.334 e. The molecular formula is C30H40FN5O4S. The van der Waals surface area contributed by atoms with Crippen LogP contribution < -0.4 is 0 Å². The first-order valence-corrected chi connectivity index (χ1v) is 15.4. The number of carbonyl (C=O) groups excluding carboxylic acids is 3. The van der Waals surface area contributed by atoms with Crippen LogP contribution in [-0.2, 0) is 19.2 Å². The summed E-state index contributed by atoms with van der Waals surface area (Å²) < 4.78 is 14.5. The number of rotatable bonds is 7. The van der Waals surface area contributed by atoms with Crippen molar-refractivity contribution in [3.05, 3.63) is 35.1 Å². The first-order valence-electron chi connectivity index (χ1n) is 14.6. The van der Waals surface area contributed by atoms with Gasteiger partial charge in [-0.15, -0.1) is 11.3 Å². The number of hydrogen-bond donors (Lipinski definition) is 0. The van der Waals surface area contributed by atoms with E-state index in [1.165, 1.54) is 34.6 Å². The predicted molar refractivity (Wildman–Crippen MR) is 156 cm³/mol. The van der Waals surface area contributed by atoms with Crippen LogP contribution in [0.4, 0.5) is 4.39 Å². The van der Waals surface area contributed by atoms with Gasteiger partial charge in [0.15, 0.2) is 12.3 Å². The van der Waals surface area contributed by atoms with E-state index in [-0.39, 0.29) is 42.1 Å². The third-order valence-corrected chi connectivity index (χ3v) is 9.09. The lowest BCUT2D eigenvalue weighted by molar-refractivity contribution is -0.275. The van der Waals surface area contributed by atoms with Crippen molar-refractivity contribution >= 4 is 45.4 Å². The first kappa shape index (κ1) is 29.6. The molecule has 0 bridgehead atoms. The number of nitrogens with zero attached hydrogens (tertiary/aromatic N) is 5. The molecule has 4 heterocycles. The SMILES string of the molecule is CC(C)C[C@H]1ON(C(=O)/C=C/c2nc3cc(F)ccc3s2)[C@H]2CN(C3CCN(C)CC3)C(=O)[C@H](CC(C)C)N2C1=O. The minimum Gasteiger partial charge on any atom is -0.334 e. The number of hydroxylamine groups is 2. The molecule has 1 aromatic heterocycles. The van der Waals surface area contributed by atoms with Crippen LogP contribution in [0.1, 0.15) is 58.4 Å². The van der Waals surface area contributed by atoms with Crippen molar-refractivity contribution in [3.63, 3.8) is 0 Å². The number of thiazole rings is 1. The summed E-state index contributed by atoms with van der Waals surface area (Å²) in [6.45, 7) is 10.1. The molecule has 3 amide bonds. The summed E-state index contributed by atoms with van der Waals surface area (Å²) in [5.74, 6) is -0.730. The molecule has 3 aliphatic heterocycles. The van der Waals surface area contributed by atoms with Gasteiger partial charge in [-0.3, -0.25) is 19.2 Å². The van der Waals surface area contributed by atoms with E-state index in [1.54, 1.807) is 17.0 Å². The van der Waals surface area contributed by atoms with Crippen LogP contribution in [0.25, 0.3) is 16.3 Å². The zero-order valence-electron chi connectivity index (χ0n) is 24.5. The van der Waals surface area contributed by atoms with Gasteiger partial charge in [-0.25, -0.2) is 9.37 Å². The van der Waals surface area contributed by atoms with Gasteiger partial charge < -0.3 is 14.7 Å². The lowest BCUT2D eigenvalue weighted by Gasteiger charge is -2.55. The van der Waals surface area contributed by atoms with Crippen molar-refractivity contribution in [2.24, 2.45) is 11.8 Å². The van der Waals surface area contributed by atoms with Gasteiger partial charge in [0.05, 0.1) is 16.8 Å². The zero-order valence-corrected chi connectivity index (χ0v) is 25.3. The molecule has 0 radical (unpaired) electrons. The molecule has 11 heteroatoms. The third-order valence-electron chi connectivity index (χ3n) is 8.09. The van der Waals surface area contributed by atoms with Gasteiger partial charge in [0.2, 0.25) is 5.91 Å². The topological polar surface area (TPSA) is 86.3 Å². The van der Waals surface area contributed by atoms with Crippen LogP contribution in [-0.4, -0.2) is 93.5 Å². The standard InChI is InChI=1S/C30H40FN5O4S/c1-18(2)14-23-29(38)34(21-10-12-33(5)13-11-21)17-27-35(23)30(39)24(15-19(3)4)40-36(27)28(37)9-8-26-32-22-16-20(31)6-7-25(22)41-26/h6-9,16,18-19,21,23-24,27H,10-15,17H2,1-5H3/b9-8+/t23-,24+,27-/m0/s1. The van der Waals surface area contributed by atoms with E-state index < -0.39 is 24.2 Å². The van der Waals surface area contributed by atoms with Crippen molar-refractivity contribution in [1.82, 2.24) is 24.7 Å². The Labute approximate surface area is 244 Å². The fourth-order valence-corrected chi connectivity index (χ4v) is 6.90. The average molecular weight is 586 g/mol. The summed E-state index contributed by atoms with van der Waals surface area (Å²) in [6, 6.07) is 3.81. The number of piperazine rings is 1. The van der Waals surface area contributed by atoms with E-state index in [9.17, 15) is 18.8 Å². The Morgan fingerprint density at radius 1 is 1.12 bits per heavy atom. The van der Waals surface area contributed by atoms with Gasteiger partial charge in [0.25, 0.3) is 11.8 Å². The summed E-state index contributed by atoms with van der Waals surface area (Å²) in [4.78, 5) is 58.0. The van der Waals surface area contributed by atoms with E-state index in [1.807, 2.05) is 32.6 Å².